The number of rotatable bonds is 10. The van der Waals surface area contributed by atoms with E-state index in [9.17, 15) is 19.2 Å². The molecule has 2 aliphatic heterocycles. The van der Waals surface area contributed by atoms with Crippen molar-refractivity contribution in [3.8, 4) is 0 Å². The largest absolute Gasteiger partial charge is 0.465 e. The van der Waals surface area contributed by atoms with Crippen molar-refractivity contribution in [3.63, 3.8) is 0 Å². The highest BCUT2D eigenvalue weighted by atomic mass is 16.6. The van der Waals surface area contributed by atoms with Crippen LogP contribution in [-0.2, 0) is 30.5 Å². The number of esters is 1. The molecule has 2 atom stereocenters. The van der Waals surface area contributed by atoms with Crippen LogP contribution < -0.4 is 11.1 Å². The van der Waals surface area contributed by atoms with Crippen LogP contribution in [0.2, 0.25) is 0 Å². The fraction of sp³-hybridized carbons (Fsp3) is 0.630. The van der Waals surface area contributed by atoms with Crippen molar-refractivity contribution in [1.82, 2.24) is 15.1 Å². The summed E-state index contributed by atoms with van der Waals surface area (Å²) >= 11 is 0. The number of nitrogens with two attached hydrogens (primary N) is 1. The second-order valence-corrected chi connectivity index (χ2v) is 9.79. The maximum Gasteiger partial charge on any atom is 0.410 e. The molecule has 0 saturated carbocycles. The average Bonchev–Trinajstić information content (AvgIpc) is 2.94. The lowest BCUT2D eigenvalue weighted by molar-refractivity contribution is -0.144. The number of nitrogens with zero attached hydrogens (tertiary/aromatic N) is 2. The van der Waals surface area contributed by atoms with E-state index in [1.54, 1.807) is 16.7 Å². The first-order valence-corrected chi connectivity index (χ1v) is 13.3. The third-order valence-electron chi connectivity index (χ3n) is 7.07. The van der Waals surface area contributed by atoms with Crippen LogP contribution in [0.1, 0.15) is 51.0 Å². The highest BCUT2D eigenvalue weighted by Gasteiger charge is 2.30. The third kappa shape index (κ3) is 9.03. The quantitative estimate of drug-likeness (QED) is 0.455. The van der Waals surface area contributed by atoms with Gasteiger partial charge < -0.3 is 30.3 Å². The lowest BCUT2D eigenvalue weighted by Crippen LogP contribution is -2.49. The number of hydrogen-bond acceptors (Lipinski definition) is 7. The van der Waals surface area contributed by atoms with Gasteiger partial charge in [-0.2, -0.15) is 0 Å². The molecule has 0 aromatic heterocycles. The minimum atomic E-state index is -0.901. The van der Waals surface area contributed by atoms with Gasteiger partial charge >= 0.3 is 12.1 Å². The second kappa shape index (κ2) is 14.6. The maximum absolute atomic E-state index is 12.9. The van der Waals surface area contributed by atoms with E-state index in [4.69, 9.17) is 15.2 Å². The van der Waals surface area contributed by atoms with Crippen LogP contribution in [0.5, 0.6) is 0 Å². The van der Waals surface area contributed by atoms with Gasteiger partial charge in [0.1, 0.15) is 12.6 Å². The number of carbonyl (C=O) groups excluding carboxylic acids is 4. The Morgan fingerprint density at radius 2 is 1.76 bits per heavy atom. The number of piperidine rings is 2. The average molecular weight is 517 g/mol. The van der Waals surface area contributed by atoms with E-state index in [0.717, 1.165) is 31.2 Å². The zero-order valence-corrected chi connectivity index (χ0v) is 21.7. The van der Waals surface area contributed by atoms with Gasteiger partial charge in [0.05, 0.1) is 12.5 Å². The van der Waals surface area contributed by atoms with Gasteiger partial charge in [0.25, 0.3) is 0 Å². The first-order valence-electron chi connectivity index (χ1n) is 13.3. The molecule has 3 N–H and O–H groups in total. The van der Waals surface area contributed by atoms with E-state index in [-0.39, 0.29) is 43.6 Å². The predicted molar refractivity (Wildman–Crippen MR) is 137 cm³/mol. The number of nitrogens with one attached hydrogen (secondary N) is 1. The summed E-state index contributed by atoms with van der Waals surface area (Å²) in [5, 5.41) is 2.72. The molecule has 1 aromatic rings. The van der Waals surface area contributed by atoms with Gasteiger partial charge in [0, 0.05) is 39.1 Å². The van der Waals surface area contributed by atoms with Gasteiger partial charge in [0.15, 0.2) is 0 Å². The summed E-state index contributed by atoms with van der Waals surface area (Å²) in [4.78, 5) is 52.9. The monoisotopic (exact) mass is 516 g/mol. The summed E-state index contributed by atoms with van der Waals surface area (Å²) in [7, 11) is 0. The highest BCUT2D eigenvalue weighted by molar-refractivity contribution is 5.82. The van der Waals surface area contributed by atoms with E-state index >= 15 is 0 Å². The number of ether oxygens (including phenoxy) is 2. The SMILES string of the molecule is CCOC(=O)[C@@H](N)CNC(=O)[C@@H]1CCCN(C(=O)CCC2CCN(C(=O)OCc3ccccc3)CC2)C1. The van der Waals surface area contributed by atoms with E-state index in [1.807, 2.05) is 30.3 Å². The highest BCUT2D eigenvalue weighted by Crippen LogP contribution is 2.24. The first-order chi connectivity index (χ1) is 17.9. The molecule has 2 saturated heterocycles. The molecule has 0 bridgehead atoms. The van der Waals surface area contributed by atoms with Crippen LogP contribution in [0.15, 0.2) is 30.3 Å². The molecular formula is C27H40N4O6. The second-order valence-electron chi connectivity index (χ2n) is 9.79. The lowest BCUT2D eigenvalue weighted by atomic mass is 9.91. The molecule has 10 nitrogen and oxygen atoms in total. The lowest BCUT2D eigenvalue weighted by Gasteiger charge is -2.34. The number of benzene rings is 1. The van der Waals surface area contributed by atoms with Gasteiger partial charge in [0.2, 0.25) is 11.8 Å². The molecule has 2 heterocycles. The molecule has 0 unspecified atom stereocenters. The fourth-order valence-corrected chi connectivity index (χ4v) is 4.81. The van der Waals surface area contributed by atoms with E-state index in [2.05, 4.69) is 5.32 Å². The van der Waals surface area contributed by atoms with Crippen LogP contribution in [-0.4, -0.2) is 79.0 Å². The van der Waals surface area contributed by atoms with Crippen molar-refractivity contribution >= 4 is 23.9 Å². The standard InChI is InChI=1S/C27H40N4O6/c1-2-36-26(34)23(28)17-29-25(33)22-9-6-14-31(18-22)24(32)11-10-20-12-15-30(16-13-20)27(35)37-19-21-7-4-3-5-8-21/h3-5,7-8,20,22-23H,2,6,9-19,28H2,1H3,(H,29,33)/t22-,23+/m1/s1. The smallest absolute Gasteiger partial charge is 0.410 e. The molecular weight excluding hydrogens is 476 g/mol. The molecule has 0 radical (unpaired) electrons. The number of likely N-dealkylation sites (tertiary alicyclic amines) is 2. The number of amides is 3. The Bertz CT molecular complexity index is 903. The summed E-state index contributed by atoms with van der Waals surface area (Å²) in [5.74, 6) is -0.597. The Morgan fingerprint density at radius 3 is 2.46 bits per heavy atom. The predicted octanol–water partition coefficient (Wildman–Crippen LogP) is 2.06. The van der Waals surface area contributed by atoms with Gasteiger partial charge in [-0.1, -0.05) is 30.3 Å². The molecule has 0 aliphatic carbocycles. The summed E-state index contributed by atoms with van der Waals surface area (Å²) in [6.07, 6.45) is 4.07. The van der Waals surface area contributed by atoms with E-state index < -0.39 is 12.0 Å². The molecule has 0 spiro atoms. The zero-order chi connectivity index (χ0) is 26.6. The van der Waals surface area contributed by atoms with Gasteiger partial charge in [-0.05, 0) is 50.5 Å². The third-order valence-corrected chi connectivity index (χ3v) is 7.07. The molecule has 37 heavy (non-hydrogen) atoms. The number of hydrogen-bond donors (Lipinski definition) is 2. The van der Waals surface area contributed by atoms with Crippen LogP contribution >= 0.6 is 0 Å². The summed E-state index contributed by atoms with van der Waals surface area (Å²) in [6, 6.07) is 8.71. The van der Waals surface area contributed by atoms with Crippen molar-refractivity contribution in [3.05, 3.63) is 35.9 Å². The normalized spacial score (nSPS) is 19.1. The summed E-state index contributed by atoms with van der Waals surface area (Å²) in [6.45, 7) is 4.51. The molecule has 2 fully saturated rings. The van der Waals surface area contributed by atoms with Gasteiger partial charge in [-0.15, -0.1) is 0 Å². The van der Waals surface area contributed by atoms with Crippen molar-refractivity contribution in [2.45, 2.75) is 58.1 Å². The Balaban J connectivity index is 1.33. The minimum Gasteiger partial charge on any atom is -0.465 e. The molecule has 10 heteroatoms. The Labute approximate surface area is 218 Å². The maximum atomic E-state index is 12.9. The molecule has 2 aliphatic rings. The van der Waals surface area contributed by atoms with Crippen molar-refractivity contribution in [2.75, 3.05) is 39.3 Å². The fourth-order valence-electron chi connectivity index (χ4n) is 4.81. The van der Waals surface area contributed by atoms with Crippen LogP contribution in [0.25, 0.3) is 0 Å². The van der Waals surface area contributed by atoms with Crippen LogP contribution in [0.3, 0.4) is 0 Å². The Kier molecular flexibility index (Phi) is 11.2. The number of carbonyl (C=O) groups is 4. The Hall–Kier alpha value is -3.14. The van der Waals surface area contributed by atoms with Crippen LogP contribution in [0.4, 0.5) is 4.79 Å². The zero-order valence-electron chi connectivity index (χ0n) is 21.7. The van der Waals surface area contributed by atoms with Crippen molar-refractivity contribution < 1.29 is 28.7 Å². The minimum absolute atomic E-state index is 0.0145. The van der Waals surface area contributed by atoms with Crippen molar-refractivity contribution in [2.24, 2.45) is 17.6 Å². The molecule has 204 valence electrons. The van der Waals surface area contributed by atoms with Gasteiger partial charge in [-0.25, -0.2) is 4.79 Å². The van der Waals surface area contributed by atoms with Crippen LogP contribution in [0, 0.1) is 11.8 Å². The van der Waals surface area contributed by atoms with E-state index in [0.29, 0.717) is 44.9 Å². The van der Waals surface area contributed by atoms with E-state index in [1.165, 1.54) is 0 Å². The summed E-state index contributed by atoms with van der Waals surface area (Å²) in [5.41, 5.74) is 6.71. The van der Waals surface area contributed by atoms with Crippen molar-refractivity contribution in [1.29, 1.82) is 0 Å². The molecule has 3 amide bonds. The van der Waals surface area contributed by atoms with Gasteiger partial charge in [-0.3, -0.25) is 14.4 Å². The first kappa shape index (κ1) is 28.4. The Morgan fingerprint density at radius 1 is 1.03 bits per heavy atom. The molecule has 3 rings (SSSR count). The topological polar surface area (TPSA) is 131 Å². The summed E-state index contributed by atoms with van der Waals surface area (Å²) < 4.78 is 10.3. The molecule has 1 aromatic carbocycles.